The van der Waals surface area contributed by atoms with E-state index >= 15 is 0 Å². The predicted octanol–water partition coefficient (Wildman–Crippen LogP) is 2.22. The van der Waals surface area contributed by atoms with Crippen LogP contribution in [0.3, 0.4) is 0 Å². The molecule has 0 unspecified atom stereocenters. The number of rotatable bonds is 3. The molecule has 0 N–H and O–H groups in total. The summed E-state index contributed by atoms with van der Waals surface area (Å²) >= 11 is 0. The van der Waals surface area contributed by atoms with E-state index in [2.05, 4.69) is 12.3 Å². The van der Waals surface area contributed by atoms with Crippen molar-refractivity contribution in [2.45, 2.75) is 20.4 Å². The molecule has 0 heterocycles. The molecular weight excluding hydrogens is 188 g/mol. The van der Waals surface area contributed by atoms with Gasteiger partial charge >= 0.3 is 0 Å². The summed E-state index contributed by atoms with van der Waals surface area (Å²) in [5.41, 5.74) is 3.41. The molecule has 0 atom stereocenters. The lowest BCUT2D eigenvalue weighted by molar-refractivity contribution is 0.393. The van der Waals surface area contributed by atoms with Gasteiger partial charge in [0.05, 0.1) is 13.7 Å². The van der Waals surface area contributed by atoms with Crippen molar-refractivity contribution < 1.29 is 4.74 Å². The second kappa shape index (κ2) is 4.70. The lowest BCUT2D eigenvalue weighted by atomic mass is 10.0. The molecule has 0 saturated heterocycles. The average molecular weight is 204 g/mol. The molecule has 0 fully saturated rings. The Labute approximate surface area is 90.9 Å². The number of methoxy groups -OCH3 is 1. The Bertz CT molecular complexity index is 393. The zero-order chi connectivity index (χ0) is 11.4. The van der Waals surface area contributed by atoms with Gasteiger partial charge in [-0.1, -0.05) is 6.07 Å². The van der Waals surface area contributed by atoms with Gasteiger partial charge < -0.3 is 9.64 Å². The highest BCUT2D eigenvalue weighted by Gasteiger charge is 2.09. The SMILES string of the molecule is COc1cc(C)cc(C)c1CN(C)C#N. The summed E-state index contributed by atoms with van der Waals surface area (Å²) < 4.78 is 5.32. The van der Waals surface area contributed by atoms with Crippen LogP contribution >= 0.6 is 0 Å². The topological polar surface area (TPSA) is 36.3 Å². The van der Waals surface area contributed by atoms with Crippen LogP contribution in [0.1, 0.15) is 16.7 Å². The highest BCUT2D eigenvalue weighted by atomic mass is 16.5. The van der Waals surface area contributed by atoms with Crippen LogP contribution in [0, 0.1) is 25.3 Å². The van der Waals surface area contributed by atoms with Crippen LogP contribution in [0.5, 0.6) is 5.75 Å². The van der Waals surface area contributed by atoms with E-state index in [0.717, 1.165) is 16.9 Å². The molecule has 80 valence electrons. The molecule has 0 bridgehead atoms. The van der Waals surface area contributed by atoms with E-state index in [1.165, 1.54) is 5.56 Å². The summed E-state index contributed by atoms with van der Waals surface area (Å²) in [4.78, 5) is 1.58. The first-order valence-corrected chi connectivity index (χ1v) is 4.83. The second-order valence-electron chi connectivity index (χ2n) is 3.72. The summed E-state index contributed by atoms with van der Waals surface area (Å²) in [5.74, 6) is 0.856. The Morgan fingerprint density at radius 2 is 2.07 bits per heavy atom. The van der Waals surface area contributed by atoms with E-state index < -0.39 is 0 Å². The van der Waals surface area contributed by atoms with Gasteiger partial charge in [0, 0.05) is 12.6 Å². The zero-order valence-electron chi connectivity index (χ0n) is 9.66. The number of nitriles is 1. The average Bonchev–Trinajstić information content (AvgIpc) is 2.21. The van der Waals surface area contributed by atoms with E-state index in [4.69, 9.17) is 10.00 Å². The minimum atomic E-state index is 0.589. The second-order valence-corrected chi connectivity index (χ2v) is 3.72. The maximum atomic E-state index is 8.74. The van der Waals surface area contributed by atoms with Crippen molar-refractivity contribution in [2.24, 2.45) is 0 Å². The van der Waals surface area contributed by atoms with Crippen molar-refractivity contribution in [1.82, 2.24) is 4.90 Å². The monoisotopic (exact) mass is 204 g/mol. The van der Waals surface area contributed by atoms with Crippen molar-refractivity contribution in [2.75, 3.05) is 14.2 Å². The summed E-state index contributed by atoms with van der Waals surface area (Å²) in [5, 5.41) is 8.74. The van der Waals surface area contributed by atoms with Crippen molar-refractivity contribution >= 4 is 0 Å². The number of ether oxygens (including phenoxy) is 1. The van der Waals surface area contributed by atoms with E-state index in [-0.39, 0.29) is 0 Å². The Hall–Kier alpha value is -1.69. The minimum Gasteiger partial charge on any atom is -0.496 e. The van der Waals surface area contributed by atoms with E-state index in [1.807, 2.05) is 19.9 Å². The molecule has 0 aliphatic rings. The molecule has 0 aromatic heterocycles. The molecule has 15 heavy (non-hydrogen) atoms. The minimum absolute atomic E-state index is 0.589. The fourth-order valence-corrected chi connectivity index (χ4v) is 1.62. The van der Waals surface area contributed by atoms with Crippen LogP contribution in [0.4, 0.5) is 0 Å². The summed E-state index contributed by atoms with van der Waals surface area (Å²) in [6.07, 6.45) is 2.08. The standard InChI is InChI=1S/C12H16N2O/c1-9-5-10(2)11(7-14(3)8-13)12(6-9)15-4/h5-6H,7H2,1-4H3. The maximum Gasteiger partial charge on any atom is 0.179 e. The Balaban J connectivity index is 3.10. The quantitative estimate of drug-likeness (QED) is 0.559. The van der Waals surface area contributed by atoms with Crippen LogP contribution in [-0.4, -0.2) is 19.1 Å². The number of hydrogen-bond acceptors (Lipinski definition) is 3. The molecule has 3 heteroatoms. The fourth-order valence-electron chi connectivity index (χ4n) is 1.62. The van der Waals surface area contributed by atoms with Gasteiger partial charge in [0.1, 0.15) is 5.75 Å². The molecule has 0 saturated carbocycles. The maximum absolute atomic E-state index is 8.74. The van der Waals surface area contributed by atoms with Gasteiger partial charge in [-0.3, -0.25) is 0 Å². The number of hydrogen-bond donors (Lipinski definition) is 0. The highest BCUT2D eigenvalue weighted by molar-refractivity contribution is 5.43. The van der Waals surface area contributed by atoms with Crippen molar-refractivity contribution in [3.05, 3.63) is 28.8 Å². The van der Waals surface area contributed by atoms with E-state index in [0.29, 0.717) is 6.54 Å². The molecule has 1 aromatic carbocycles. The highest BCUT2D eigenvalue weighted by Crippen LogP contribution is 2.25. The van der Waals surface area contributed by atoms with Crippen LogP contribution in [0.2, 0.25) is 0 Å². The van der Waals surface area contributed by atoms with Crippen LogP contribution < -0.4 is 4.74 Å². The summed E-state index contributed by atoms with van der Waals surface area (Å²) in [6, 6.07) is 4.09. The molecular formula is C12H16N2O. The molecule has 0 aliphatic heterocycles. The number of nitrogens with zero attached hydrogens (tertiary/aromatic N) is 2. The number of aryl methyl sites for hydroxylation is 2. The zero-order valence-corrected chi connectivity index (χ0v) is 9.66. The van der Waals surface area contributed by atoms with E-state index in [9.17, 15) is 0 Å². The van der Waals surface area contributed by atoms with Gasteiger partial charge in [0.15, 0.2) is 6.19 Å². The predicted molar refractivity (Wildman–Crippen MR) is 59.5 cm³/mol. The first-order chi connectivity index (χ1) is 7.08. The largest absolute Gasteiger partial charge is 0.496 e. The van der Waals surface area contributed by atoms with Crippen LogP contribution in [-0.2, 0) is 6.54 Å². The molecule has 0 spiro atoms. The lowest BCUT2D eigenvalue weighted by Crippen LogP contribution is -2.12. The van der Waals surface area contributed by atoms with Gasteiger partial charge in [-0.2, -0.15) is 5.26 Å². The lowest BCUT2D eigenvalue weighted by Gasteiger charge is -2.16. The Morgan fingerprint density at radius 3 is 2.60 bits per heavy atom. The van der Waals surface area contributed by atoms with Crippen molar-refractivity contribution in [1.29, 1.82) is 5.26 Å². The molecule has 0 radical (unpaired) electrons. The molecule has 1 rings (SSSR count). The normalized spacial score (nSPS) is 9.53. The smallest absolute Gasteiger partial charge is 0.179 e. The first kappa shape index (κ1) is 11.4. The Kier molecular flexibility index (Phi) is 3.56. The third-order valence-electron chi connectivity index (χ3n) is 2.36. The fraction of sp³-hybridized carbons (Fsp3) is 0.417. The molecule has 0 amide bonds. The molecule has 0 aliphatic carbocycles. The van der Waals surface area contributed by atoms with Crippen LogP contribution in [0.25, 0.3) is 0 Å². The Morgan fingerprint density at radius 1 is 1.40 bits per heavy atom. The van der Waals surface area contributed by atoms with E-state index in [1.54, 1.807) is 19.1 Å². The third-order valence-corrected chi connectivity index (χ3v) is 2.36. The van der Waals surface area contributed by atoms with Crippen molar-refractivity contribution in [3.8, 4) is 11.9 Å². The first-order valence-electron chi connectivity index (χ1n) is 4.83. The number of benzene rings is 1. The van der Waals surface area contributed by atoms with Gasteiger partial charge in [0.2, 0.25) is 0 Å². The van der Waals surface area contributed by atoms with Gasteiger partial charge in [-0.15, -0.1) is 0 Å². The third kappa shape index (κ3) is 2.63. The van der Waals surface area contributed by atoms with Gasteiger partial charge in [-0.25, -0.2) is 0 Å². The molecule has 1 aromatic rings. The van der Waals surface area contributed by atoms with Crippen LogP contribution in [0.15, 0.2) is 12.1 Å². The summed E-state index contributed by atoms with van der Waals surface area (Å²) in [7, 11) is 3.42. The summed E-state index contributed by atoms with van der Waals surface area (Å²) in [6.45, 7) is 4.66. The van der Waals surface area contributed by atoms with Gasteiger partial charge in [0.25, 0.3) is 0 Å². The van der Waals surface area contributed by atoms with Gasteiger partial charge in [-0.05, 0) is 31.0 Å². The van der Waals surface area contributed by atoms with Crippen molar-refractivity contribution in [3.63, 3.8) is 0 Å². The molecule has 3 nitrogen and oxygen atoms in total.